The molecule has 108 valence electrons. The molecule has 1 aromatic rings. The molecule has 0 amide bonds. The van der Waals surface area contributed by atoms with Crippen LogP contribution in [0.2, 0.25) is 0 Å². The zero-order valence-corrected chi connectivity index (χ0v) is 12.9. The molecule has 19 heavy (non-hydrogen) atoms. The molecule has 0 aliphatic heterocycles. The Kier molecular flexibility index (Phi) is 4.61. The van der Waals surface area contributed by atoms with E-state index in [0.29, 0.717) is 6.10 Å². The number of thiazole rings is 1. The van der Waals surface area contributed by atoms with Gasteiger partial charge in [0.2, 0.25) is 0 Å². The summed E-state index contributed by atoms with van der Waals surface area (Å²) < 4.78 is 5.74. The van der Waals surface area contributed by atoms with Crippen molar-refractivity contribution in [2.75, 3.05) is 19.7 Å². The number of ether oxygens (including phenoxy) is 1. The van der Waals surface area contributed by atoms with E-state index in [0.717, 1.165) is 38.2 Å². The highest BCUT2D eigenvalue weighted by Crippen LogP contribution is 2.49. The Morgan fingerprint density at radius 1 is 1.58 bits per heavy atom. The van der Waals surface area contributed by atoms with Gasteiger partial charge in [0, 0.05) is 42.5 Å². The Morgan fingerprint density at radius 2 is 2.37 bits per heavy atom. The summed E-state index contributed by atoms with van der Waals surface area (Å²) in [5.74, 6) is 0. The van der Waals surface area contributed by atoms with Gasteiger partial charge in [-0.25, -0.2) is 4.98 Å². The lowest BCUT2D eigenvalue weighted by atomic mass is 9.54. The number of rotatable bonds is 7. The number of aromatic nitrogens is 1. The molecule has 0 saturated heterocycles. The van der Waals surface area contributed by atoms with Gasteiger partial charge >= 0.3 is 0 Å². The van der Waals surface area contributed by atoms with Crippen LogP contribution in [0.5, 0.6) is 0 Å². The standard InChI is InChI=1S/C14H25N3OS/c1-4-18-12-7-14(15,13(12,2)3)9-16-6-5-11-8-19-10-17-11/h8,10,12,16H,4-7,9,15H2,1-3H3. The molecule has 0 bridgehead atoms. The smallest absolute Gasteiger partial charge is 0.0794 e. The molecule has 0 aromatic carbocycles. The summed E-state index contributed by atoms with van der Waals surface area (Å²) in [6, 6.07) is 0. The van der Waals surface area contributed by atoms with Gasteiger partial charge in [-0.1, -0.05) is 13.8 Å². The lowest BCUT2D eigenvalue weighted by Gasteiger charge is -2.59. The SMILES string of the molecule is CCOC1CC(N)(CNCCc2cscn2)C1(C)C. The van der Waals surface area contributed by atoms with Gasteiger partial charge in [0.1, 0.15) is 0 Å². The minimum atomic E-state index is -0.158. The summed E-state index contributed by atoms with van der Waals surface area (Å²) in [7, 11) is 0. The van der Waals surface area contributed by atoms with Crippen LogP contribution in [0, 0.1) is 5.41 Å². The second-order valence-electron chi connectivity index (χ2n) is 5.93. The van der Waals surface area contributed by atoms with Gasteiger partial charge in [-0.15, -0.1) is 11.3 Å². The van der Waals surface area contributed by atoms with E-state index in [4.69, 9.17) is 10.5 Å². The minimum absolute atomic E-state index is 0.0383. The zero-order chi connectivity index (χ0) is 13.9. The maximum atomic E-state index is 6.50. The minimum Gasteiger partial charge on any atom is -0.378 e. The molecule has 1 aromatic heterocycles. The quantitative estimate of drug-likeness (QED) is 0.749. The molecule has 4 nitrogen and oxygen atoms in total. The molecule has 0 radical (unpaired) electrons. The van der Waals surface area contributed by atoms with E-state index in [1.807, 2.05) is 12.4 Å². The summed E-state index contributed by atoms with van der Waals surface area (Å²) in [5.41, 5.74) is 9.42. The van der Waals surface area contributed by atoms with E-state index >= 15 is 0 Å². The van der Waals surface area contributed by atoms with Crippen molar-refractivity contribution >= 4 is 11.3 Å². The van der Waals surface area contributed by atoms with Crippen molar-refractivity contribution < 1.29 is 4.74 Å². The molecule has 1 saturated carbocycles. The van der Waals surface area contributed by atoms with E-state index in [2.05, 4.69) is 29.5 Å². The van der Waals surface area contributed by atoms with E-state index in [9.17, 15) is 0 Å². The van der Waals surface area contributed by atoms with Gasteiger partial charge in [-0.3, -0.25) is 0 Å². The van der Waals surface area contributed by atoms with Crippen LogP contribution in [0.15, 0.2) is 10.9 Å². The predicted octanol–water partition coefficient (Wildman–Crippen LogP) is 1.81. The number of hydrogen-bond acceptors (Lipinski definition) is 5. The first-order chi connectivity index (χ1) is 8.99. The maximum Gasteiger partial charge on any atom is 0.0794 e. The third kappa shape index (κ3) is 2.99. The highest BCUT2D eigenvalue weighted by atomic mass is 32.1. The molecule has 2 rings (SSSR count). The van der Waals surface area contributed by atoms with Gasteiger partial charge < -0.3 is 15.8 Å². The summed E-state index contributed by atoms with van der Waals surface area (Å²) in [6.07, 6.45) is 2.20. The highest BCUT2D eigenvalue weighted by Gasteiger charge is 2.57. The van der Waals surface area contributed by atoms with Crippen molar-refractivity contribution in [1.29, 1.82) is 0 Å². The molecule has 5 heteroatoms. The van der Waals surface area contributed by atoms with Gasteiger partial charge in [-0.05, 0) is 13.3 Å². The Balaban J connectivity index is 1.74. The molecule has 2 atom stereocenters. The fraction of sp³-hybridized carbons (Fsp3) is 0.786. The molecule has 1 aliphatic carbocycles. The molecular formula is C14H25N3OS. The monoisotopic (exact) mass is 283 g/mol. The lowest BCUT2D eigenvalue weighted by Crippen LogP contribution is -2.73. The molecule has 3 N–H and O–H groups in total. The van der Waals surface area contributed by atoms with Crippen molar-refractivity contribution in [2.45, 2.75) is 45.3 Å². The summed E-state index contributed by atoms with van der Waals surface area (Å²) in [6.45, 7) is 8.99. The van der Waals surface area contributed by atoms with Crippen molar-refractivity contribution in [3.63, 3.8) is 0 Å². The number of nitrogens with one attached hydrogen (secondary N) is 1. The second-order valence-corrected chi connectivity index (χ2v) is 6.65. The fourth-order valence-corrected chi connectivity index (χ4v) is 3.29. The molecule has 1 fully saturated rings. The van der Waals surface area contributed by atoms with Crippen LogP contribution >= 0.6 is 11.3 Å². The third-order valence-electron chi connectivity index (χ3n) is 4.49. The zero-order valence-electron chi connectivity index (χ0n) is 12.1. The number of nitrogens with zero attached hydrogens (tertiary/aromatic N) is 1. The van der Waals surface area contributed by atoms with Gasteiger partial charge in [-0.2, -0.15) is 0 Å². The largest absolute Gasteiger partial charge is 0.378 e. The average Bonchev–Trinajstić information content (AvgIpc) is 2.87. The Hall–Kier alpha value is -0.490. The van der Waals surface area contributed by atoms with E-state index in [1.54, 1.807) is 11.3 Å². The number of nitrogens with two attached hydrogens (primary N) is 1. The Labute approximate surface area is 119 Å². The highest BCUT2D eigenvalue weighted by molar-refractivity contribution is 7.07. The van der Waals surface area contributed by atoms with Crippen LogP contribution in [-0.2, 0) is 11.2 Å². The normalized spacial score (nSPS) is 29.2. The van der Waals surface area contributed by atoms with Crippen LogP contribution in [0.1, 0.15) is 32.9 Å². The first-order valence-corrected chi connectivity index (χ1v) is 7.92. The second kappa shape index (κ2) is 5.87. The Morgan fingerprint density at radius 3 is 2.95 bits per heavy atom. The van der Waals surface area contributed by atoms with Gasteiger partial charge in [0.25, 0.3) is 0 Å². The van der Waals surface area contributed by atoms with E-state index in [-0.39, 0.29) is 11.0 Å². The number of hydrogen-bond donors (Lipinski definition) is 2. The average molecular weight is 283 g/mol. The van der Waals surface area contributed by atoms with Gasteiger partial charge in [0.15, 0.2) is 0 Å². The van der Waals surface area contributed by atoms with E-state index < -0.39 is 0 Å². The van der Waals surface area contributed by atoms with Crippen molar-refractivity contribution in [1.82, 2.24) is 10.3 Å². The van der Waals surface area contributed by atoms with Crippen LogP contribution < -0.4 is 11.1 Å². The first-order valence-electron chi connectivity index (χ1n) is 6.98. The third-order valence-corrected chi connectivity index (χ3v) is 5.12. The van der Waals surface area contributed by atoms with Crippen LogP contribution in [0.4, 0.5) is 0 Å². The maximum absolute atomic E-state index is 6.50. The molecule has 2 unspecified atom stereocenters. The van der Waals surface area contributed by atoms with Crippen molar-refractivity contribution in [2.24, 2.45) is 11.1 Å². The first kappa shape index (κ1) is 14.9. The van der Waals surface area contributed by atoms with Gasteiger partial charge in [0.05, 0.1) is 17.3 Å². The van der Waals surface area contributed by atoms with Crippen LogP contribution in [0.3, 0.4) is 0 Å². The van der Waals surface area contributed by atoms with E-state index in [1.165, 1.54) is 0 Å². The molecular weight excluding hydrogens is 258 g/mol. The predicted molar refractivity (Wildman–Crippen MR) is 79.4 cm³/mol. The summed E-state index contributed by atoms with van der Waals surface area (Å²) in [5, 5.41) is 5.56. The lowest BCUT2D eigenvalue weighted by molar-refractivity contribution is -0.147. The van der Waals surface area contributed by atoms with Crippen molar-refractivity contribution in [3.05, 3.63) is 16.6 Å². The Bertz CT molecular complexity index is 393. The topological polar surface area (TPSA) is 60.2 Å². The van der Waals surface area contributed by atoms with Crippen LogP contribution in [-0.4, -0.2) is 36.3 Å². The molecule has 1 aliphatic rings. The van der Waals surface area contributed by atoms with Crippen LogP contribution in [0.25, 0.3) is 0 Å². The summed E-state index contributed by atoms with van der Waals surface area (Å²) >= 11 is 1.64. The molecule has 0 spiro atoms. The fourth-order valence-electron chi connectivity index (χ4n) is 2.70. The molecule has 1 heterocycles. The summed E-state index contributed by atoms with van der Waals surface area (Å²) in [4.78, 5) is 4.28. The van der Waals surface area contributed by atoms with Crippen molar-refractivity contribution in [3.8, 4) is 0 Å².